The quantitative estimate of drug-likeness (QED) is 0.706. The van der Waals surface area contributed by atoms with Gasteiger partial charge < -0.3 is 10.2 Å². The van der Waals surface area contributed by atoms with Crippen molar-refractivity contribution in [1.82, 2.24) is 9.80 Å². The fourth-order valence-electron chi connectivity index (χ4n) is 5.19. The molecule has 0 unspecified atom stereocenters. The summed E-state index contributed by atoms with van der Waals surface area (Å²) in [6, 6.07) is 17.6. The zero-order valence-corrected chi connectivity index (χ0v) is 20.2. The van der Waals surface area contributed by atoms with Crippen molar-refractivity contribution >= 4 is 17.5 Å². The highest BCUT2D eigenvalue weighted by Gasteiger charge is 2.37. The molecule has 2 aromatic rings. The summed E-state index contributed by atoms with van der Waals surface area (Å²) >= 11 is 0. The van der Waals surface area contributed by atoms with Gasteiger partial charge >= 0.3 is 0 Å². The van der Waals surface area contributed by atoms with Gasteiger partial charge in [0.1, 0.15) is 0 Å². The van der Waals surface area contributed by atoms with Crippen LogP contribution in [0.25, 0.3) is 0 Å². The van der Waals surface area contributed by atoms with Crippen molar-refractivity contribution < 1.29 is 9.59 Å². The highest BCUT2D eigenvalue weighted by Crippen LogP contribution is 2.32. The lowest BCUT2D eigenvalue weighted by Gasteiger charge is -2.40. The van der Waals surface area contributed by atoms with E-state index in [9.17, 15) is 9.59 Å². The second-order valence-corrected chi connectivity index (χ2v) is 10.5. The van der Waals surface area contributed by atoms with Crippen molar-refractivity contribution in [2.75, 3.05) is 31.5 Å². The van der Waals surface area contributed by atoms with E-state index >= 15 is 0 Å². The Kier molecular flexibility index (Phi) is 7.18. The lowest BCUT2D eigenvalue weighted by atomic mass is 9.86. The molecule has 0 aromatic heterocycles. The molecule has 1 aliphatic heterocycles. The topological polar surface area (TPSA) is 52.7 Å². The van der Waals surface area contributed by atoms with E-state index < -0.39 is 0 Å². The molecule has 1 N–H and O–H groups in total. The maximum Gasteiger partial charge on any atom is 0.253 e. The molecule has 2 aliphatic rings. The Morgan fingerprint density at radius 1 is 0.879 bits per heavy atom. The number of piperazine rings is 1. The van der Waals surface area contributed by atoms with Crippen molar-refractivity contribution in [3.63, 3.8) is 0 Å². The van der Waals surface area contributed by atoms with E-state index in [4.69, 9.17) is 0 Å². The predicted octanol–water partition coefficient (Wildman–Crippen LogP) is 4.94. The van der Waals surface area contributed by atoms with Crippen LogP contribution in [-0.2, 0) is 10.2 Å². The Morgan fingerprint density at radius 2 is 1.48 bits per heavy atom. The molecule has 1 saturated heterocycles. The first-order chi connectivity index (χ1) is 15.8. The maximum atomic E-state index is 13.3. The first-order valence-electron chi connectivity index (χ1n) is 12.3. The van der Waals surface area contributed by atoms with Gasteiger partial charge in [-0.1, -0.05) is 63.9 Å². The number of carbonyl (C=O) groups excluding carboxylic acids is 2. The molecule has 0 radical (unpaired) electrons. The number of hydrogen-bond acceptors (Lipinski definition) is 3. The predicted molar refractivity (Wildman–Crippen MR) is 133 cm³/mol. The van der Waals surface area contributed by atoms with Crippen LogP contribution in [0.1, 0.15) is 62.4 Å². The maximum absolute atomic E-state index is 13.3. The molecule has 2 aromatic carbocycles. The summed E-state index contributed by atoms with van der Waals surface area (Å²) in [4.78, 5) is 30.7. The highest BCUT2D eigenvalue weighted by atomic mass is 16.2. The van der Waals surface area contributed by atoms with Gasteiger partial charge in [0.25, 0.3) is 5.91 Å². The van der Waals surface area contributed by atoms with Crippen LogP contribution in [0.2, 0.25) is 0 Å². The summed E-state index contributed by atoms with van der Waals surface area (Å²) in [6.45, 7) is 9.31. The van der Waals surface area contributed by atoms with Gasteiger partial charge in [-0.2, -0.15) is 0 Å². The van der Waals surface area contributed by atoms with E-state index in [-0.39, 0.29) is 23.3 Å². The number of anilines is 1. The average molecular weight is 448 g/mol. The molecule has 2 amide bonds. The first-order valence-corrected chi connectivity index (χ1v) is 12.3. The van der Waals surface area contributed by atoms with E-state index in [1.54, 1.807) is 0 Å². The van der Waals surface area contributed by atoms with E-state index in [0.717, 1.165) is 37.2 Å². The summed E-state index contributed by atoms with van der Waals surface area (Å²) in [5, 5.41) is 3.13. The minimum absolute atomic E-state index is 0.0722. The Morgan fingerprint density at radius 3 is 2.06 bits per heavy atom. The van der Waals surface area contributed by atoms with Gasteiger partial charge in [-0.3, -0.25) is 14.5 Å². The van der Waals surface area contributed by atoms with Gasteiger partial charge in [-0.15, -0.1) is 0 Å². The van der Waals surface area contributed by atoms with Crippen molar-refractivity contribution in [3.05, 3.63) is 65.7 Å². The zero-order chi connectivity index (χ0) is 23.4. The Hall–Kier alpha value is -2.66. The fourth-order valence-corrected chi connectivity index (χ4v) is 5.19. The summed E-state index contributed by atoms with van der Waals surface area (Å²) in [7, 11) is 0. The SMILES string of the molecule is CC(C)(C)c1ccc(C(=O)N2CCN([C@@H](C(=O)Nc3ccccc3)C3CCCC3)CC2)cc1. The number of hydrogen-bond donors (Lipinski definition) is 1. The number of para-hydroxylation sites is 1. The second kappa shape index (κ2) is 10.1. The Labute approximate surface area is 198 Å². The molecule has 0 spiro atoms. The van der Waals surface area contributed by atoms with Crippen LogP contribution in [0.5, 0.6) is 0 Å². The molecular weight excluding hydrogens is 410 g/mol. The fraction of sp³-hybridized carbons (Fsp3) is 0.500. The number of amides is 2. The van der Waals surface area contributed by atoms with E-state index in [2.05, 4.69) is 43.1 Å². The molecule has 1 saturated carbocycles. The second-order valence-electron chi connectivity index (χ2n) is 10.5. The Balaban J connectivity index is 1.40. The zero-order valence-electron chi connectivity index (χ0n) is 20.2. The van der Waals surface area contributed by atoms with Crippen molar-refractivity contribution in [1.29, 1.82) is 0 Å². The van der Waals surface area contributed by atoms with Gasteiger partial charge in [0.05, 0.1) is 6.04 Å². The van der Waals surface area contributed by atoms with Crippen LogP contribution in [0.4, 0.5) is 5.69 Å². The standard InChI is InChI=1S/C28H37N3O2/c1-28(2,3)23-15-13-22(14-16-23)27(33)31-19-17-30(18-20-31)25(21-9-7-8-10-21)26(32)29-24-11-5-4-6-12-24/h4-6,11-16,21,25H,7-10,17-20H2,1-3H3,(H,29,32)/t25-/m1/s1. The lowest BCUT2D eigenvalue weighted by Crippen LogP contribution is -2.56. The molecule has 5 nitrogen and oxygen atoms in total. The molecule has 1 atom stereocenters. The number of rotatable bonds is 5. The molecule has 0 bridgehead atoms. The molecule has 33 heavy (non-hydrogen) atoms. The molecule has 176 valence electrons. The summed E-state index contributed by atoms with van der Waals surface area (Å²) < 4.78 is 0. The summed E-state index contributed by atoms with van der Waals surface area (Å²) in [5.74, 6) is 0.563. The van der Waals surface area contributed by atoms with E-state index in [0.29, 0.717) is 19.0 Å². The highest BCUT2D eigenvalue weighted by molar-refractivity contribution is 5.95. The van der Waals surface area contributed by atoms with Crippen LogP contribution < -0.4 is 5.32 Å². The molecule has 5 heteroatoms. The van der Waals surface area contributed by atoms with Gasteiger partial charge in [-0.25, -0.2) is 0 Å². The molecule has 1 aliphatic carbocycles. The molecule has 1 heterocycles. The van der Waals surface area contributed by atoms with E-state index in [1.807, 2.05) is 47.4 Å². The van der Waals surface area contributed by atoms with Gasteiger partial charge in [-0.05, 0) is 54.0 Å². The largest absolute Gasteiger partial charge is 0.336 e. The van der Waals surface area contributed by atoms with Crippen LogP contribution in [0.15, 0.2) is 54.6 Å². The van der Waals surface area contributed by atoms with Crippen LogP contribution >= 0.6 is 0 Å². The van der Waals surface area contributed by atoms with Crippen molar-refractivity contribution in [2.45, 2.75) is 57.9 Å². The molecule has 4 rings (SSSR count). The van der Waals surface area contributed by atoms with Gasteiger partial charge in [0.2, 0.25) is 5.91 Å². The monoisotopic (exact) mass is 447 g/mol. The minimum atomic E-state index is -0.129. The van der Waals surface area contributed by atoms with Crippen LogP contribution in [0, 0.1) is 5.92 Å². The van der Waals surface area contributed by atoms with Crippen molar-refractivity contribution in [2.24, 2.45) is 5.92 Å². The average Bonchev–Trinajstić information content (AvgIpc) is 3.34. The first kappa shape index (κ1) is 23.5. The molecular formula is C28H37N3O2. The minimum Gasteiger partial charge on any atom is -0.336 e. The number of carbonyl (C=O) groups is 2. The van der Waals surface area contributed by atoms with Crippen molar-refractivity contribution in [3.8, 4) is 0 Å². The number of nitrogens with zero attached hydrogens (tertiary/aromatic N) is 2. The van der Waals surface area contributed by atoms with Gasteiger partial charge in [0.15, 0.2) is 0 Å². The lowest BCUT2D eigenvalue weighted by molar-refractivity contribution is -0.123. The summed E-state index contributed by atoms with van der Waals surface area (Å²) in [5.41, 5.74) is 2.89. The Bertz CT molecular complexity index is 935. The van der Waals surface area contributed by atoms with Crippen LogP contribution in [-0.4, -0.2) is 53.8 Å². The summed E-state index contributed by atoms with van der Waals surface area (Å²) in [6.07, 6.45) is 4.60. The number of nitrogens with one attached hydrogen (secondary N) is 1. The van der Waals surface area contributed by atoms with E-state index in [1.165, 1.54) is 18.4 Å². The third-order valence-corrected chi connectivity index (χ3v) is 7.15. The molecule has 2 fully saturated rings. The normalized spacial score (nSPS) is 18.8. The number of benzene rings is 2. The third kappa shape index (κ3) is 5.64. The third-order valence-electron chi connectivity index (χ3n) is 7.15. The smallest absolute Gasteiger partial charge is 0.253 e. The van der Waals surface area contributed by atoms with Crippen LogP contribution in [0.3, 0.4) is 0 Å². The van der Waals surface area contributed by atoms with Gasteiger partial charge in [0, 0.05) is 37.4 Å².